The molecule has 0 fully saturated rings. The fraction of sp³-hybridized carbons (Fsp3) is 0.400. The van der Waals surface area contributed by atoms with Crippen molar-refractivity contribution in [2.75, 3.05) is 6.54 Å². The van der Waals surface area contributed by atoms with Gasteiger partial charge in [0.2, 0.25) is 0 Å². The Morgan fingerprint density at radius 3 is 2.93 bits per heavy atom. The Morgan fingerprint density at radius 2 is 2.36 bits per heavy atom. The van der Waals surface area contributed by atoms with Crippen molar-refractivity contribution in [3.8, 4) is 0 Å². The number of hydrogen-bond donors (Lipinski definition) is 1. The van der Waals surface area contributed by atoms with E-state index in [4.69, 9.17) is 0 Å². The van der Waals surface area contributed by atoms with Crippen LogP contribution in [-0.4, -0.2) is 17.4 Å². The third-order valence-electron chi connectivity index (χ3n) is 1.69. The molecule has 0 aliphatic heterocycles. The van der Waals surface area contributed by atoms with E-state index in [1.165, 1.54) is 12.3 Å². The molecule has 1 aromatic heterocycles. The Kier molecular flexibility index (Phi) is 3.56. The zero-order valence-corrected chi connectivity index (χ0v) is 8.25. The molecule has 0 saturated carbocycles. The summed E-state index contributed by atoms with van der Waals surface area (Å²) in [5.74, 6) is -0.629. The van der Waals surface area contributed by atoms with Crippen LogP contribution in [-0.2, 0) is 0 Å². The van der Waals surface area contributed by atoms with Crippen molar-refractivity contribution < 1.29 is 9.18 Å². The molecule has 0 radical (unpaired) electrons. The highest BCUT2D eigenvalue weighted by molar-refractivity contribution is 5.94. The Bertz CT molecular complexity index is 326. The standard InChI is InChI=1S/C10H13FN2O/c1-7(2)5-13-10(14)8-3-4-12-6-9(8)11/h3-4,6-7H,5H2,1-2H3,(H,13,14). The Hall–Kier alpha value is -1.45. The van der Waals surface area contributed by atoms with Crippen LogP contribution in [0, 0.1) is 11.7 Å². The van der Waals surface area contributed by atoms with Gasteiger partial charge in [-0.15, -0.1) is 0 Å². The first-order valence-corrected chi connectivity index (χ1v) is 4.49. The minimum atomic E-state index is -0.589. The summed E-state index contributed by atoms with van der Waals surface area (Å²) in [6.45, 7) is 4.49. The molecule has 1 heterocycles. The van der Waals surface area contributed by atoms with E-state index in [1.54, 1.807) is 0 Å². The molecule has 0 spiro atoms. The summed E-state index contributed by atoms with van der Waals surface area (Å²) >= 11 is 0. The third-order valence-corrected chi connectivity index (χ3v) is 1.69. The van der Waals surface area contributed by atoms with Crippen molar-refractivity contribution >= 4 is 5.91 Å². The minimum absolute atomic E-state index is 0.0423. The van der Waals surface area contributed by atoms with Gasteiger partial charge in [0.05, 0.1) is 11.8 Å². The van der Waals surface area contributed by atoms with E-state index in [0.29, 0.717) is 12.5 Å². The Morgan fingerprint density at radius 1 is 1.64 bits per heavy atom. The van der Waals surface area contributed by atoms with Crippen molar-refractivity contribution in [2.45, 2.75) is 13.8 Å². The predicted molar refractivity (Wildman–Crippen MR) is 51.4 cm³/mol. The molecule has 14 heavy (non-hydrogen) atoms. The number of carbonyl (C=O) groups is 1. The van der Waals surface area contributed by atoms with E-state index in [2.05, 4.69) is 10.3 Å². The van der Waals surface area contributed by atoms with Crippen LogP contribution in [0.3, 0.4) is 0 Å². The number of hydrogen-bond acceptors (Lipinski definition) is 2. The first kappa shape index (κ1) is 10.6. The number of pyridine rings is 1. The van der Waals surface area contributed by atoms with Gasteiger partial charge in [-0.05, 0) is 12.0 Å². The van der Waals surface area contributed by atoms with Crippen molar-refractivity contribution in [1.82, 2.24) is 10.3 Å². The number of nitrogens with one attached hydrogen (secondary N) is 1. The summed E-state index contributed by atoms with van der Waals surface area (Å²) in [6, 6.07) is 1.37. The van der Waals surface area contributed by atoms with Gasteiger partial charge in [-0.3, -0.25) is 9.78 Å². The predicted octanol–water partition coefficient (Wildman–Crippen LogP) is 1.61. The Balaban J connectivity index is 2.65. The van der Waals surface area contributed by atoms with Gasteiger partial charge in [-0.2, -0.15) is 0 Å². The first-order valence-electron chi connectivity index (χ1n) is 4.49. The SMILES string of the molecule is CC(C)CNC(=O)c1ccncc1F. The second kappa shape index (κ2) is 4.69. The topological polar surface area (TPSA) is 42.0 Å². The molecule has 0 bridgehead atoms. The van der Waals surface area contributed by atoms with E-state index in [1.807, 2.05) is 13.8 Å². The molecule has 76 valence electrons. The number of amides is 1. The van der Waals surface area contributed by atoms with Crippen molar-refractivity contribution in [3.63, 3.8) is 0 Å². The molecule has 0 atom stereocenters. The molecule has 0 aliphatic rings. The summed E-state index contributed by atoms with van der Waals surface area (Å²) in [7, 11) is 0. The maximum Gasteiger partial charge on any atom is 0.254 e. The highest BCUT2D eigenvalue weighted by Gasteiger charge is 2.10. The van der Waals surface area contributed by atoms with E-state index in [-0.39, 0.29) is 5.56 Å². The van der Waals surface area contributed by atoms with Crippen LogP contribution in [0.15, 0.2) is 18.5 Å². The van der Waals surface area contributed by atoms with Crippen LogP contribution < -0.4 is 5.32 Å². The van der Waals surface area contributed by atoms with Gasteiger partial charge in [-0.25, -0.2) is 4.39 Å². The third kappa shape index (κ3) is 2.80. The second-order valence-corrected chi connectivity index (χ2v) is 3.46. The quantitative estimate of drug-likeness (QED) is 0.798. The van der Waals surface area contributed by atoms with Crippen LogP contribution in [0.1, 0.15) is 24.2 Å². The molecule has 1 amide bonds. The molecule has 0 aromatic carbocycles. The van der Waals surface area contributed by atoms with Crippen LogP contribution in [0.2, 0.25) is 0 Å². The van der Waals surface area contributed by atoms with Crippen molar-refractivity contribution in [1.29, 1.82) is 0 Å². The van der Waals surface area contributed by atoms with Crippen LogP contribution >= 0.6 is 0 Å². The molecular formula is C10H13FN2O. The molecule has 0 unspecified atom stereocenters. The zero-order chi connectivity index (χ0) is 10.6. The van der Waals surface area contributed by atoms with Crippen LogP contribution in [0.25, 0.3) is 0 Å². The van der Waals surface area contributed by atoms with Gasteiger partial charge >= 0.3 is 0 Å². The molecular weight excluding hydrogens is 183 g/mol. The van der Waals surface area contributed by atoms with Gasteiger partial charge < -0.3 is 5.32 Å². The first-order chi connectivity index (χ1) is 6.61. The summed E-state index contributed by atoms with van der Waals surface area (Å²) in [5.41, 5.74) is 0.0423. The number of nitrogens with zero attached hydrogens (tertiary/aromatic N) is 1. The molecule has 0 saturated heterocycles. The lowest BCUT2D eigenvalue weighted by Gasteiger charge is -2.07. The molecule has 3 nitrogen and oxygen atoms in total. The summed E-state index contributed by atoms with van der Waals surface area (Å²) < 4.78 is 13.0. The van der Waals surface area contributed by atoms with Gasteiger partial charge in [0.1, 0.15) is 0 Å². The van der Waals surface area contributed by atoms with Gasteiger partial charge in [0.15, 0.2) is 5.82 Å². The molecule has 1 aromatic rings. The smallest absolute Gasteiger partial charge is 0.254 e. The summed E-state index contributed by atoms with van der Waals surface area (Å²) in [5, 5.41) is 2.63. The minimum Gasteiger partial charge on any atom is -0.352 e. The van der Waals surface area contributed by atoms with Crippen molar-refractivity contribution in [2.24, 2.45) is 5.92 Å². The fourth-order valence-electron chi connectivity index (χ4n) is 0.951. The fourth-order valence-corrected chi connectivity index (χ4v) is 0.951. The molecule has 0 aliphatic carbocycles. The average Bonchev–Trinajstić information content (AvgIpc) is 2.15. The second-order valence-electron chi connectivity index (χ2n) is 3.46. The number of aromatic nitrogens is 1. The highest BCUT2D eigenvalue weighted by atomic mass is 19.1. The van der Waals surface area contributed by atoms with Gasteiger partial charge in [-0.1, -0.05) is 13.8 Å². The molecule has 4 heteroatoms. The maximum absolute atomic E-state index is 13.0. The van der Waals surface area contributed by atoms with Gasteiger partial charge in [0.25, 0.3) is 5.91 Å². The monoisotopic (exact) mass is 196 g/mol. The molecule has 1 rings (SSSR count). The molecule has 1 N–H and O–H groups in total. The van der Waals surface area contributed by atoms with E-state index < -0.39 is 11.7 Å². The normalized spacial score (nSPS) is 10.3. The zero-order valence-electron chi connectivity index (χ0n) is 8.25. The number of carbonyl (C=O) groups excluding carboxylic acids is 1. The van der Waals surface area contributed by atoms with E-state index in [9.17, 15) is 9.18 Å². The lowest BCUT2D eigenvalue weighted by Crippen LogP contribution is -2.28. The van der Waals surface area contributed by atoms with Crippen LogP contribution in [0.4, 0.5) is 4.39 Å². The lowest BCUT2D eigenvalue weighted by molar-refractivity contribution is 0.0945. The number of rotatable bonds is 3. The van der Waals surface area contributed by atoms with E-state index >= 15 is 0 Å². The summed E-state index contributed by atoms with van der Waals surface area (Å²) in [6.07, 6.45) is 2.43. The Labute approximate surface area is 82.4 Å². The lowest BCUT2D eigenvalue weighted by atomic mass is 10.2. The van der Waals surface area contributed by atoms with Gasteiger partial charge in [0, 0.05) is 12.7 Å². The number of halogens is 1. The average molecular weight is 196 g/mol. The van der Waals surface area contributed by atoms with Crippen LogP contribution in [0.5, 0.6) is 0 Å². The summed E-state index contributed by atoms with van der Waals surface area (Å²) in [4.78, 5) is 15.0. The van der Waals surface area contributed by atoms with Crippen molar-refractivity contribution in [3.05, 3.63) is 29.8 Å². The maximum atomic E-state index is 13.0. The largest absolute Gasteiger partial charge is 0.352 e. The van der Waals surface area contributed by atoms with E-state index in [0.717, 1.165) is 6.20 Å². The highest BCUT2D eigenvalue weighted by Crippen LogP contribution is 2.03.